The van der Waals surface area contributed by atoms with Gasteiger partial charge < -0.3 is 9.64 Å². The summed E-state index contributed by atoms with van der Waals surface area (Å²) in [4.78, 5) is 25.3. The highest BCUT2D eigenvalue weighted by Gasteiger charge is 2.46. The van der Waals surface area contributed by atoms with Crippen molar-refractivity contribution in [1.82, 2.24) is 0 Å². The summed E-state index contributed by atoms with van der Waals surface area (Å²) in [6, 6.07) is 4.88. The Kier molecular flexibility index (Phi) is 3.74. The number of anilines is 1. The molecule has 1 amide bonds. The second-order valence-electron chi connectivity index (χ2n) is 4.84. The standard InChI is InChI=1S/C13H13Cl2NO3/c1-13(12(18)19-2)6-11(17)16(7-13)10-4-8(14)3-9(15)5-10/h3-5H,6-7H2,1-2H3. The molecule has 0 bridgehead atoms. The number of esters is 1. The highest BCUT2D eigenvalue weighted by molar-refractivity contribution is 6.35. The zero-order valence-corrected chi connectivity index (χ0v) is 12.1. The van der Waals surface area contributed by atoms with Crippen molar-refractivity contribution in [2.75, 3.05) is 18.6 Å². The average Bonchev–Trinajstić information content (AvgIpc) is 2.64. The lowest BCUT2D eigenvalue weighted by Gasteiger charge is -2.21. The van der Waals surface area contributed by atoms with E-state index in [0.717, 1.165) is 0 Å². The van der Waals surface area contributed by atoms with Gasteiger partial charge in [-0.15, -0.1) is 0 Å². The summed E-state index contributed by atoms with van der Waals surface area (Å²) in [6.45, 7) is 1.97. The van der Waals surface area contributed by atoms with Gasteiger partial charge in [-0.1, -0.05) is 23.2 Å². The smallest absolute Gasteiger partial charge is 0.313 e. The van der Waals surface area contributed by atoms with Crippen molar-refractivity contribution in [2.24, 2.45) is 5.41 Å². The van der Waals surface area contributed by atoms with Gasteiger partial charge in [0.1, 0.15) is 0 Å². The zero-order chi connectivity index (χ0) is 14.2. The third-order valence-electron chi connectivity index (χ3n) is 3.19. The summed E-state index contributed by atoms with van der Waals surface area (Å²) in [5.41, 5.74) is -0.240. The van der Waals surface area contributed by atoms with E-state index in [-0.39, 0.29) is 18.9 Å². The summed E-state index contributed by atoms with van der Waals surface area (Å²) < 4.78 is 4.75. The van der Waals surface area contributed by atoms with Crippen molar-refractivity contribution in [2.45, 2.75) is 13.3 Å². The first-order valence-electron chi connectivity index (χ1n) is 5.70. The van der Waals surface area contributed by atoms with E-state index in [9.17, 15) is 9.59 Å². The molecule has 1 fully saturated rings. The van der Waals surface area contributed by atoms with Crippen molar-refractivity contribution in [3.8, 4) is 0 Å². The van der Waals surface area contributed by atoms with Crippen LogP contribution in [0.5, 0.6) is 0 Å². The van der Waals surface area contributed by atoms with Crippen molar-refractivity contribution >= 4 is 40.8 Å². The van der Waals surface area contributed by atoms with E-state index in [1.807, 2.05) is 0 Å². The molecule has 0 aliphatic carbocycles. The molecule has 1 aliphatic rings. The van der Waals surface area contributed by atoms with Gasteiger partial charge in [0, 0.05) is 28.7 Å². The molecule has 1 aromatic rings. The van der Waals surface area contributed by atoms with Gasteiger partial charge in [-0.05, 0) is 25.1 Å². The third-order valence-corrected chi connectivity index (χ3v) is 3.62. The molecule has 1 heterocycles. The van der Waals surface area contributed by atoms with E-state index in [1.165, 1.54) is 12.0 Å². The molecular weight excluding hydrogens is 289 g/mol. The Morgan fingerprint density at radius 1 is 1.32 bits per heavy atom. The predicted molar refractivity (Wildman–Crippen MR) is 73.6 cm³/mol. The van der Waals surface area contributed by atoms with Crippen LogP contribution in [0, 0.1) is 5.41 Å². The summed E-state index contributed by atoms with van der Waals surface area (Å²) >= 11 is 11.8. The molecule has 19 heavy (non-hydrogen) atoms. The predicted octanol–water partition coefficient (Wildman–Crippen LogP) is 2.91. The number of benzene rings is 1. The van der Waals surface area contributed by atoms with E-state index in [4.69, 9.17) is 27.9 Å². The van der Waals surface area contributed by atoms with Crippen molar-refractivity contribution < 1.29 is 14.3 Å². The lowest BCUT2D eigenvalue weighted by Crippen LogP contribution is -2.33. The SMILES string of the molecule is COC(=O)C1(C)CC(=O)N(c2cc(Cl)cc(Cl)c2)C1. The van der Waals surface area contributed by atoms with Crippen LogP contribution in [0.15, 0.2) is 18.2 Å². The molecular formula is C13H13Cl2NO3. The Morgan fingerprint density at radius 3 is 2.42 bits per heavy atom. The fraction of sp³-hybridized carbons (Fsp3) is 0.385. The largest absolute Gasteiger partial charge is 0.469 e. The first-order chi connectivity index (χ1) is 8.85. The molecule has 102 valence electrons. The first-order valence-corrected chi connectivity index (χ1v) is 6.46. The molecule has 1 aromatic carbocycles. The number of halogens is 2. The van der Waals surface area contributed by atoms with Crippen LogP contribution >= 0.6 is 23.2 Å². The minimum Gasteiger partial charge on any atom is -0.469 e. The van der Waals surface area contributed by atoms with Crippen LogP contribution in [0.25, 0.3) is 0 Å². The molecule has 0 radical (unpaired) electrons. The minimum atomic E-state index is -0.833. The van der Waals surface area contributed by atoms with E-state index < -0.39 is 11.4 Å². The van der Waals surface area contributed by atoms with Gasteiger partial charge in [0.2, 0.25) is 5.91 Å². The quantitative estimate of drug-likeness (QED) is 0.789. The van der Waals surface area contributed by atoms with Gasteiger partial charge in [-0.3, -0.25) is 9.59 Å². The summed E-state index contributed by atoms with van der Waals surface area (Å²) in [5.74, 6) is -0.539. The fourth-order valence-electron chi connectivity index (χ4n) is 2.24. The number of hydrogen-bond acceptors (Lipinski definition) is 3. The van der Waals surface area contributed by atoms with E-state index >= 15 is 0 Å². The van der Waals surface area contributed by atoms with Crippen LogP contribution < -0.4 is 4.90 Å². The van der Waals surface area contributed by atoms with Gasteiger partial charge in [-0.25, -0.2) is 0 Å². The number of ether oxygens (including phenoxy) is 1. The molecule has 0 aromatic heterocycles. The number of methoxy groups -OCH3 is 1. The van der Waals surface area contributed by atoms with E-state index in [2.05, 4.69) is 0 Å². The van der Waals surface area contributed by atoms with Gasteiger partial charge >= 0.3 is 5.97 Å². The lowest BCUT2D eigenvalue weighted by atomic mass is 9.90. The minimum absolute atomic E-state index is 0.115. The maximum Gasteiger partial charge on any atom is 0.313 e. The Bertz CT molecular complexity index is 526. The molecule has 0 spiro atoms. The van der Waals surface area contributed by atoms with Crippen LogP contribution in [0.2, 0.25) is 10.0 Å². The number of carbonyl (C=O) groups excluding carboxylic acids is 2. The molecule has 6 heteroatoms. The molecule has 1 aliphatic heterocycles. The second kappa shape index (κ2) is 5.02. The lowest BCUT2D eigenvalue weighted by molar-refractivity contribution is -0.151. The highest BCUT2D eigenvalue weighted by atomic mass is 35.5. The average molecular weight is 302 g/mol. The molecule has 4 nitrogen and oxygen atoms in total. The monoisotopic (exact) mass is 301 g/mol. The molecule has 1 atom stereocenters. The Morgan fingerprint density at radius 2 is 1.89 bits per heavy atom. The number of rotatable bonds is 2. The first kappa shape index (κ1) is 14.2. The normalized spacial score (nSPS) is 22.7. The number of nitrogens with zero attached hydrogens (tertiary/aromatic N) is 1. The molecule has 0 saturated carbocycles. The Hall–Kier alpha value is -1.26. The van der Waals surface area contributed by atoms with E-state index in [1.54, 1.807) is 25.1 Å². The summed E-state index contributed by atoms with van der Waals surface area (Å²) in [5, 5.41) is 0.893. The highest BCUT2D eigenvalue weighted by Crippen LogP contribution is 2.36. The van der Waals surface area contributed by atoms with E-state index in [0.29, 0.717) is 15.7 Å². The van der Waals surface area contributed by atoms with Gasteiger partial charge in [0.25, 0.3) is 0 Å². The Balaban J connectivity index is 2.32. The van der Waals surface area contributed by atoms with Crippen molar-refractivity contribution in [3.63, 3.8) is 0 Å². The van der Waals surface area contributed by atoms with Gasteiger partial charge in [0.05, 0.1) is 12.5 Å². The number of hydrogen-bond donors (Lipinski definition) is 0. The number of carbonyl (C=O) groups is 2. The molecule has 0 N–H and O–H groups in total. The topological polar surface area (TPSA) is 46.6 Å². The number of amides is 1. The van der Waals surface area contributed by atoms with Crippen LogP contribution in [0.3, 0.4) is 0 Å². The van der Waals surface area contributed by atoms with Crippen molar-refractivity contribution in [1.29, 1.82) is 0 Å². The summed E-state index contributed by atoms with van der Waals surface area (Å²) in [7, 11) is 1.32. The molecule has 2 rings (SSSR count). The van der Waals surface area contributed by atoms with Crippen LogP contribution in [-0.2, 0) is 14.3 Å². The van der Waals surface area contributed by atoms with Crippen LogP contribution in [0.4, 0.5) is 5.69 Å². The molecule has 1 unspecified atom stereocenters. The second-order valence-corrected chi connectivity index (χ2v) is 5.71. The zero-order valence-electron chi connectivity index (χ0n) is 10.6. The summed E-state index contributed by atoms with van der Waals surface area (Å²) in [6.07, 6.45) is 0.115. The molecule has 1 saturated heterocycles. The van der Waals surface area contributed by atoms with Crippen LogP contribution in [-0.4, -0.2) is 25.5 Å². The van der Waals surface area contributed by atoms with Crippen LogP contribution in [0.1, 0.15) is 13.3 Å². The third kappa shape index (κ3) is 2.69. The fourth-order valence-corrected chi connectivity index (χ4v) is 2.75. The van der Waals surface area contributed by atoms with Crippen molar-refractivity contribution in [3.05, 3.63) is 28.2 Å². The maximum absolute atomic E-state index is 12.1. The Labute approximate surface area is 121 Å². The van der Waals surface area contributed by atoms with Gasteiger partial charge in [-0.2, -0.15) is 0 Å². The maximum atomic E-state index is 12.1. The van der Waals surface area contributed by atoms with Gasteiger partial charge in [0.15, 0.2) is 0 Å².